The third-order valence-corrected chi connectivity index (χ3v) is 6.34. The Morgan fingerprint density at radius 3 is 2.82 bits per heavy atom. The van der Waals surface area contributed by atoms with Crippen LogP contribution in [0.2, 0.25) is 0 Å². The number of rotatable bonds is 5. The maximum atomic E-state index is 12.2. The zero-order valence-electron chi connectivity index (χ0n) is 11.8. The molecule has 0 aliphatic carbocycles. The van der Waals surface area contributed by atoms with Crippen molar-refractivity contribution in [3.63, 3.8) is 0 Å². The summed E-state index contributed by atoms with van der Waals surface area (Å²) >= 11 is 1.05. The predicted octanol–water partition coefficient (Wildman–Crippen LogP) is 2.06. The maximum absolute atomic E-state index is 12.2. The Morgan fingerprint density at radius 1 is 1.36 bits per heavy atom. The molecule has 0 spiro atoms. The first-order valence-corrected chi connectivity index (χ1v) is 9.32. The molecule has 0 bridgehead atoms. The zero-order chi connectivity index (χ0) is 15.6. The fraction of sp³-hybridized carbons (Fsp3) is 0.357. The van der Waals surface area contributed by atoms with Crippen LogP contribution < -0.4 is 4.72 Å². The molecule has 6 nitrogen and oxygen atoms in total. The average molecular weight is 340 g/mol. The molecule has 3 heterocycles. The second kappa shape index (κ2) is 6.23. The summed E-state index contributed by atoms with van der Waals surface area (Å²) in [6, 6.07) is 4.83. The van der Waals surface area contributed by atoms with Crippen molar-refractivity contribution in [1.82, 2.24) is 9.62 Å². The van der Waals surface area contributed by atoms with Crippen molar-refractivity contribution < 1.29 is 17.6 Å². The van der Waals surface area contributed by atoms with E-state index < -0.39 is 10.0 Å². The Kier molecular flexibility index (Phi) is 4.32. The summed E-state index contributed by atoms with van der Waals surface area (Å²) in [7, 11) is -3.63. The third-order valence-electron chi connectivity index (χ3n) is 3.50. The van der Waals surface area contributed by atoms with E-state index in [2.05, 4.69) is 4.72 Å². The molecule has 2 aromatic rings. The Labute approximate surface area is 132 Å². The number of nitrogens with zero attached hydrogens (tertiary/aromatic N) is 1. The van der Waals surface area contributed by atoms with Gasteiger partial charge in [0.1, 0.15) is 9.97 Å². The molecular formula is C14H16N2O4S2. The molecule has 1 fully saturated rings. The van der Waals surface area contributed by atoms with Crippen LogP contribution in [0.25, 0.3) is 0 Å². The van der Waals surface area contributed by atoms with Crippen molar-refractivity contribution in [2.45, 2.75) is 23.6 Å². The smallest absolute Gasteiger partial charge is 0.254 e. The minimum absolute atomic E-state index is 0.0860. The standard InChI is InChI=1S/C14H16N2O4S2/c17-14(16-5-1-2-6-16)11-8-13(21-10-11)22(18,19)15-9-12-4-3-7-20-12/h3-4,7-8,10,15H,1-2,5-6,9H2. The lowest BCUT2D eigenvalue weighted by Gasteiger charge is -2.13. The Bertz CT molecular complexity index is 744. The van der Waals surface area contributed by atoms with Gasteiger partial charge in [-0.25, -0.2) is 13.1 Å². The van der Waals surface area contributed by atoms with Crippen LogP contribution in [-0.2, 0) is 16.6 Å². The van der Waals surface area contributed by atoms with Crippen LogP contribution in [0.3, 0.4) is 0 Å². The van der Waals surface area contributed by atoms with E-state index in [1.54, 1.807) is 22.4 Å². The van der Waals surface area contributed by atoms with Crippen LogP contribution in [0, 0.1) is 0 Å². The molecule has 0 aromatic carbocycles. The van der Waals surface area contributed by atoms with Crippen molar-refractivity contribution in [3.05, 3.63) is 41.2 Å². The van der Waals surface area contributed by atoms with Crippen LogP contribution in [0.15, 0.2) is 38.5 Å². The molecule has 0 atom stereocenters. The first kappa shape index (κ1) is 15.3. The summed E-state index contributed by atoms with van der Waals surface area (Å²) in [5, 5.41) is 1.60. The van der Waals surface area contributed by atoms with E-state index in [1.807, 2.05) is 0 Å². The van der Waals surface area contributed by atoms with Gasteiger partial charge in [0, 0.05) is 18.5 Å². The number of carbonyl (C=O) groups excluding carboxylic acids is 1. The van der Waals surface area contributed by atoms with Gasteiger partial charge < -0.3 is 9.32 Å². The summed E-state index contributed by atoms with van der Waals surface area (Å²) < 4.78 is 32.1. The molecule has 8 heteroatoms. The lowest BCUT2D eigenvalue weighted by molar-refractivity contribution is 0.0793. The Balaban J connectivity index is 1.70. The largest absolute Gasteiger partial charge is 0.468 e. The minimum Gasteiger partial charge on any atom is -0.468 e. The first-order chi connectivity index (χ1) is 10.6. The van der Waals surface area contributed by atoms with Gasteiger partial charge >= 0.3 is 0 Å². The molecule has 22 heavy (non-hydrogen) atoms. The fourth-order valence-electron chi connectivity index (χ4n) is 2.32. The van der Waals surface area contributed by atoms with Crippen LogP contribution in [0.1, 0.15) is 29.0 Å². The molecule has 0 unspecified atom stereocenters. The van der Waals surface area contributed by atoms with Gasteiger partial charge in [-0.05, 0) is 31.0 Å². The number of carbonyl (C=O) groups is 1. The highest BCUT2D eigenvalue weighted by atomic mass is 32.2. The molecule has 1 aliphatic rings. The van der Waals surface area contributed by atoms with Gasteiger partial charge in [0.05, 0.1) is 18.4 Å². The summed E-state index contributed by atoms with van der Waals surface area (Å²) in [5.74, 6) is 0.440. The van der Waals surface area contributed by atoms with Gasteiger partial charge in [-0.3, -0.25) is 4.79 Å². The maximum Gasteiger partial charge on any atom is 0.254 e. The number of hydrogen-bond donors (Lipinski definition) is 1. The van der Waals surface area contributed by atoms with Crippen LogP contribution >= 0.6 is 11.3 Å². The van der Waals surface area contributed by atoms with Crippen LogP contribution in [0.5, 0.6) is 0 Å². The van der Waals surface area contributed by atoms with Gasteiger partial charge in [0.25, 0.3) is 5.91 Å². The number of furan rings is 1. The molecule has 2 aromatic heterocycles. The summed E-state index contributed by atoms with van der Waals surface area (Å²) in [6.45, 7) is 1.57. The highest BCUT2D eigenvalue weighted by Gasteiger charge is 2.23. The molecular weight excluding hydrogens is 324 g/mol. The SMILES string of the molecule is O=C(c1csc(S(=O)(=O)NCc2ccco2)c1)N1CCCC1. The number of likely N-dealkylation sites (tertiary alicyclic amines) is 1. The molecule has 1 saturated heterocycles. The van der Waals surface area contributed by atoms with E-state index >= 15 is 0 Å². The first-order valence-electron chi connectivity index (χ1n) is 6.96. The average Bonchev–Trinajstić information content (AvgIpc) is 3.26. The van der Waals surface area contributed by atoms with Gasteiger partial charge in [-0.2, -0.15) is 0 Å². The van der Waals surface area contributed by atoms with E-state index in [9.17, 15) is 13.2 Å². The lowest BCUT2D eigenvalue weighted by atomic mass is 10.3. The minimum atomic E-state index is -3.63. The topological polar surface area (TPSA) is 79.6 Å². The monoisotopic (exact) mass is 340 g/mol. The highest BCUT2D eigenvalue weighted by molar-refractivity contribution is 7.91. The molecule has 1 N–H and O–H groups in total. The fourth-order valence-corrected chi connectivity index (χ4v) is 4.51. The van der Waals surface area contributed by atoms with Gasteiger partial charge in [0.2, 0.25) is 10.0 Å². The van der Waals surface area contributed by atoms with Crippen LogP contribution in [-0.4, -0.2) is 32.3 Å². The molecule has 0 saturated carbocycles. The summed E-state index contributed by atoms with van der Waals surface area (Å²) in [5.41, 5.74) is 0.435. The Hall–Kier alpha value is -1.64. The summed E-state index contributed by atoms with van der Waals surface area (Å²) in [4.78, 5) is 14.0. The van der Waals surface area contributed by atoms with Crippen molar-refractivity contribution in [3.8, 4) is 0 Å². The van der Waals surface area contributed by atoms with E-state index in [4.69, 9.17) is 4.42 Å². The summed E-state index contributed by atoms with van der Waals surface area (Å²) in [6.07, 6.45) is 3.50. The Morgan fingerprint density at radius 2 is 2.14 bits per heavy atom. The number of thiophene rings is 1. The predicted molar refractivity (Wildman–Crippen MR) is 82.2 cm³/mol. The van der Waals surface area contributed by atoms with Gasteiger partial charge in [-0.1, -0.05) is 0 Å². The molecule has 1 amide bonds. The van der Waals surface area contributed by atoms with Crippen molar-refractivity contribution >= 4 is 27.3 Å². The van der Waals surface area contributed by atoms with E-state index in [-0.39, 0.29) is 16.7 Å². The van der Waals surface area contributed by atoms with E-state index in [1.165, 1.54) is 12.3 Å². The van der Waals surface area contributed by atoms with E-state index in [0.717, 1.165) is 37.3 Å². The normalized spacial score (nSPS) is 15.4. The lowest BCUT2D eigenvalue weighted by Crippen LogP contribution is -2.27. The second-order valence-corrected chi connectivity index (χ2v) is 7.96. The van der Waals surface area contributed by atoms with Gasteiger partial charge in [0.15, 0.2) is 0 Å². The number of amides is 1. The number of nitrogens with one attached hydrogen (secondary N) is 1. The van der Waals surface area contributed by atoms with E-state index in [0.29, 0.717) is 11.3 Å². The highest BCUT2D eigenvalue weighted by Crippen LogP contribution is 2.23. The second-order valence-electron chi connectivity index (χ2n) is 5.06. The number of sulfonamides is 1. The number of hydrogen-bond acceptors (Lipinski definition) is 5. The molecule has 3 rings (SSSR count). The van der Waals surface area contributed by atoms with Crippen molar-refractivity contribution in [2.24, 2.45) is 0 Å². The zero-order valence-corrected chi connectivity index (χ0v) is 13.5. The quantitative estimate of drug-likeness (QED) is 0.903. The molecule has 118 valence electrons. The molecule has 0 radical (unpaired) electrons. The van der Waals surface area contributed by atoms with Crippen molar-refractivity contribution in [2.75, 3.05) is 13.1 Å². The van der Waals surface area contributed by atoms with Gasteiger partial charge in [-0.15, -0.1) is 11.3 Å². The van der Waals surface area contributed by atoms with Crippen LogP contribution in [0.4, 0.5) is 0 Å². The van der Waals surface area contributed by atoms with Crippen molar-refractivity contribution in [1.29, 1.82) is 0 Å². The molecule has 1 aliphatic heterocycles. The third kappa shape index (κ3) is 3.23.